The second-order valence-electron chi connectivity index (χ2n) is 7.48. The molecule has 1 fully saturated rings. The average Bonchev–Trinajstić information content (AvgIpc) is 3.43. The molecule has 1 aliphatic rings. The lowest BCUT2D eigenvalue weighted by Gasteiger charge is -2.16. The monoisotopic (exact) mass is 417 g/mol. The summed E-state index contributed by atoms with van der Waals surface area (Å²) >= 11 is 0. The van der Waals surface area contributed by atoms with E-state index in [0.29, 0.717) is 24.5 Å². The molecular weight excluding hydrogens is 394 g/mol. The van der Waals surface area contributed by atoms with Crippen LogP contribution in [0.2, 0.25) is 0 Å². The zero-order valence-electron chi connectivity index (χ0n) is 16.9. The highest BCUT2D eigenvalue weighted by Gasteiger charge is 2.34. The van der Waals surface area contributed by atoms with Crippen molar-refractivity contribution in [3.8, 4) is 0 Å². The highest BCUT2D eigenvalue weighted by Crippen LogP contribution is 2.22. The highest BCUT2D eigenvalue weighted by molar-refractivity contribution is 6.03. The average molecular weight is 417 g/mol. The van der Waals surface area contributed by atoms with Crippen molar-refractivity contribution in [3.05, 3.63) is 84.3 Å². The number of nitrogens with one attached hydrogen (secondary N) is 2. The molecule has 2 aromatic carbocycles. The molecule has 0 unspecified atom stereocenters. The largest absolute Gasteiger partial charge is 0.459 e. The zero-order chi connectivity index (χ0) is 21.6. The van der Waals surface area contributed by atoms with Crippen molar-refractivity contribution < 1.29 is 18.8 Å². The molecule has 1 saturated heterocycles. The van der Waals surface area contributed by atoms with Gasteiger partial charge in [0.1, 0.15) is 0 Å². The fourth-order valence-electron chi connectivity index (χ4n) is 3.59. The Hall–Kier alpha value is -3.87. The molecule has 7 heteroatoms. The standard InChI is InChI=1S/C24H23N3O4/c28-22-14-18(16-27(22)12-11-17-6-2-1-3-7-17)23(29)25-19-8-4-9-20(15-19)26-24(30)21-10-5-13-31-21/h1-10,13,15,18H,11-12,14,16H2,(H,25,29)(H,26,30)/t18-/m1/s1. The molecule has 0 bridgehead atoms. The minimum atomic E-state index is -0.398. The number of furan rings is 1. The van der Waals surface area contributed by atoms with Gasteiger partial charge in [-0.25, -0.2) is 0 Å². The minimum Gasteiger partial charge on any atom is -0.459 e. The third-order valence-electron chi connectivity index (χ3n) is 5.23. The first-order chi connectivity index (χ1) is 15.1. The molecule has 1 aromatic heterocycles. The Morgan fingerprint density at radius 3 is 2.48 bits per heavy atom. The van der Waals surface area contributed by atoms with Crippen molar-refractivity contribution in [2.75, 3.05) is 23.7 Å². The summed E-state index contributed by atoms with van der Waals surface area (Å²) in [4.78, 5) is 38.9. The minimum absolute atomic E-state index is 0.00413. The first-order valence-corrected chi connectivity index (χ1v) is 10.2. The summed E-state index contributed by atoms with van der Waals surface area (Å²) in [5.74, 6) is -0.774. The first-order valence-electron chi connectivity index (χ1n) is 10.2. The maximum atomic E-state index is 12.7. The van der Waals surface area contributed by atoms with Gasteiger partial charge in [0.25, 0.3) is 5.91 Å². The van der Waals surface area contributed by atoms with Gasteiger partial charge in [-0.05, 0) is 42.3 Å². The van der Waals surface area contributed by atoms with E-state index in [1.54, 1.807) is 41.3 Å². The Balaban J connectivity index is 1.32. The van der Waals surface area contributed by atoms with Gasteiger partial charge in [0, 0.05) is 30.9 Å². The maximum absolute atomic E-state index is 12.7. The van der Waals surface area contributed by atoms with Crippen LogP contribution in [-0.4, -0.2) is 35.7 Å². The predicted octanol–water partition coefficient (Wildman–Crippen LogP) is 3.56. The van der Waals surface area contributed by atoms with Crippen LogP contribution in [0.5, 0.6) is 0 Å². The van der Waals surface area contributed by atoms with Crippen LogP contribution in [0.3, 0.4) is 0 Å². The lowest BCUT2D eigenvalue weighted by Crippen LogP contribution is -2.30. The molecule has 0 spiro atoms. The van der Waals surface area contributed by atoms with E-state index in [1.165, 1.54) is 6.26 Å². The molecule has 1 atom stereocenters. The van der Waals surface area contributed by atoms with Crippen molar-refractivity contribution >= 4 is 29.1 Å². The number of nitrogens with zero attached hydrogens (tertiary/aromatic N) is 1. The Bertz CT molecular complexity index is 1060. The summed E-state index contributed by atoms with van der Waals surface area (Å²) in [6.45, 7) is 1.01. The summed E-state index contributed by atoms with van der Waals surface area (Å²) in [6.07, 6.45) is 2.39. The van der Waals surface area contributed by atoms with Crippen molar-refractivity contribution in [1.29, 1.82) is 0 Å². The second-order valence-corrected chi connectivity index (χ2v) is 7.48. The molecule has 4 rings (SSSR count). The van der Waals surface area contributed by atoms with Gasteiger partial charge in [0.15, 0.2) is 5.76 Å². The Labute approximate surface area is 180 Å². The van der Waals surface area contributed by atoms with Crippen molar-refractivity contribution in [1.82, 2.24) is 4.90 Å². The van der Waals surface area contributed by atoms with E-state index in [-0.39, 0.29) is 29.9 Å². The summed E-state index contributed by atoms with van der Waals surface area (Å²) in [5, 5.41) is 5.58. The van der Waals surface area contributed by atoms with Gasteiger partial charge in [-0.3, -0.25) is 14.4 Å². The second kappa shape index (κ2) is 9.30. The van der Waals surface area contributed by atoms with Gasteiger partial charge >= 0.3 is 0 Å². The van der Waals surface area contributed by atoms with Crippen LogP contribution in [0.4, 0.5) is 11.4 Å². The lowest BCUT2D eigenvalue weighted by atomic mass is 10.1. The summed E-state index contributed by atoms with van der Waals surface area (Å²) in [7, 11) is 0. The van der Waals surface area contributed by atoms with E-state index in [2.05, 4.69) is 10.6 Å². The number of carbonyl (C=O) groups is 3. The number of hydrogen-bond donors (Lipinski definition) is 2. The van der Waals surface area contributed by atoms with Gasteiger partial charge in [-0.1, -0.05) is 36.4 Å². The molecule has 0 aliphatic carbocycles. The number of carbonyl (C=O) groups excluding carboxylic acids is 3. The number of amides is 3. The van der Waals surface area contributed by atoms with E-state index in [9.17, 15) is 14.4 Å². The molecule has 1 aliphatic heterocycles. The predicted molar refractivity (Wildman–Crippen MR) is 117 cm³/mol. The van der Waals surface area contributed by atoms with Crippen molar-refractivity contribution in [3.63, 3.8) is 0 Å². The first kappa shape index (κ1) is 20.4. The van der Waals surface area contributed by atoms with Crippen LogP contribution >= 0.6 is 0 Å². The molecule has 0 saturated carbocycles. The van der Waals surface area contributed by atoms with Crippen LogP contribution in [0.15, 0.2) is 77.4 Å². The van der Waals surface area contributed by atoms with E-state index in [1.807, 2.05) is 30.3 Å². The number of benzene rings is 2. The SMILES string of the molecule is O=C(Nc1cccc(NC(=O)[C@@H]2CC(=O)N(CCc3ccccc3)C2)c1)c1ccco1. The maximum Gasteiger partial charge on any atom is 0.291 e. The molecular formula is C24H23N3O4. The van der Waals surface area contributed by atoms with Gasteiger partial charge in [0.2, 0.25) is 11.8 Å². The van der Waals surface area contributed by atoms with Crippen molar-refractivity contribution in [2.24, 2.45) is 5.92 Å². The molecule has 31 heavy (non-hydrogen) atoms. The van der Waals surface area contributed by atoms with E-state index in [4.69, 9.17) is 4.42 Å². The van der Waals surface area contributed by atoms with Crippen LogP contribution in [-0.2, 0) is 16.0 Å². The topological polar surface area (TPSA) is 91.7 Å². The van der Waals surface area contributed by atoms with Crippen LogP contribution in [0.25, 0.3) is 0 Å². The molecule has 3 amide bonds. The smallest absolute Gasteiger partial charge is 0.291 e. The molecule has 3 aromatic rings. The van der Waals surface area contributed by atoms with Crippen LogP contribution < -0.4 is 10.6 Å². The van der Waals surface area contributed by atoms with Gasteiger partial charge in [0.05, 0.1) is 12.2 Å². The third-order valence-corrected chi connectivity index (χ3v) is 5.23. The number of likely N-dealkylation sites (tertiary alicyclic amines) is 1. The fraction of sp³-hybridized carbons (Fsp3) is 0.208. The van der Waals surface area contributed by atoms with E-state index in [0.717, 1.165) is 12.0 Å². The van der Waals surface area contributed by atoms with Gasteiger partial charge in [-0.2, -0.15) is 0 Å². The normalized spacial score (nSPS) is 15.7. The van der Waals surface area contributed by atoms with Crippen LogP contribution in [0.1, 0.15) is 22.5 Å². The Morgan fingerprint density at radius 1 is 0.968 bits per heavy atom. The van der Waals surface area contributed by atoms with E-state index < -0.39 is 5.92 Å². The summed E-state index contributed by atoms with van der Waals surface area (Å²) < 4.78 is 5.08. The Kier molecular flexibility index (Phi) is 6.12. The number of rotatable bonds is 7. The quantitative estimate of drug-likeness (QED) is 0.615. The lowest BCUT2D eigenvalue weighted by molar-refractivity contribution is -0.128. The van der Waals surface area contributed by atoms with Crippen molar-refractivity contribution in [2.45, 2.75) is 12.8 Å². The van der Waals surface area contributed by atoms with Crippen LogP contribution in [0, 0.1) is 5.92 Å². The third kappa shape index (κ3) is 5.19. The van der Waals surface area contributed by atoms with Gasteiger partial charge < -0.3 is 20.0 Å². The highest BCUT2D eigenvalue weighted by atomic mass is 16.3. The molecule has 158 valence electrons. The zero-order valence-corrected chi connectivity index (χ0v) is 16.9. The molecule has 2 N–H and O–H groups in total. The summed E-state index contributed by atoms with van der Waals surface area (Å²) in [5.41, 5.74) is 2.25. The summed E-state index contributed by atoms with van der Waals surface area (Å²) in [6, 6.07) is 20.0. The number of anilines is 2. The molecule has 7 nitrogen and oxygen atoms in total. The number of hydrogen-bond acceptors (Lipinski definition) is 4. The van der Waals surface area contributed by atoms with E-state index >= 15 is 0 Å². The molecule has 2 heterocycles. The fourth-order valence-corrected chi connectivity index (χ4v) is 3.59. The van der Waals surface area contributed by atoms with Gasteiger partial charge in [-0.15, -0.1) is 0 Å². The molecule has 0 radical (unpaired) electrons. The Morgan fingerprint density at radius 2 is 1.74 bits per heavy atom.